The molecule has 1 amide bonds. The number of hydrogen-bond acceptors (Lipinski definition) is 6. The topological polar surface area (TPSA) is 105 Å². The quantitative estimate of drug-likeness (QED) is 0.533. The minimum atomic E-state index is -0.818. The highest BCUT2D eigenvalue weighted by molar-refractivity contribution is 5.86. The minimum Gasteiger partial charge on any atom is -0.481 e. The Bertz CT molecular complexity index is 850. The Kier molecular flexibility index (Phi) is 6.01. The normalized spacial score (nSPS) is 35.6. The summed E-state index contributed by atoms with van der Waals surface area (Å²) >= 11 is 0. The molecule has 1 aromatic rings. The van der Waals surface area contributed by atoms with Gasteiger partial charge in [-0.05, 0) is 81.7 Å². The van der Waals surface area contributed by atoms with Gasteiger partial charge in [0, 0.05) is 19.2 Å². The highest BCUT2D eigenvalue weighted by Gasteiger charge is 2.75. The highest BCUT2D eigenvalue weighted by Crippen LogP contribution is 2.78. The van der Waals surface area contributed by atoms with E-state index in [-0.39, 0.29) is 29.7 Å². The van der Waals surface area contributed by atoms with Gasteiger partial charge >= 0.3 is 5.97 Å². The fourth-order valence-corrected chi connectivity index (χ4v) is 7.34. The maximum atomic E-state index is 13.1. The molecule has 1 aromatic heterocycles. The molecule has 1 saturated heterocycles. The van der Waals surface area contributed by atoms with Crippen molar-refractivity contribution in [2.45, 2.75) is 52.0 Å². The van der Waals surface area contributed by atoms with E-state index in [0.717, 1.165) is 45.4 Å². The SMILES string of the molecule is Cc1cc(CNC(=O)[C@H]2[C@H](C(=O)O)[C@H]3CC[C@@H]2C32CC2CCOCCN2CCCC2)no1. The Balaban J connectivity index is 1.16. The van der Waals surface area contributed by atoms with Gasteiger partial charge in [0.05, 0.1) is 25.0 Å². The predicted molar refractivity (Wildman–Crippen MR) is 116 cm³/mol. The number of carboxylic acid groups (broad SMARTS) is 1. The smallest absolute Gasteiger partial charge is 0.307 e. The van der Waals surface area contributed by atoms with E-state index in [1.165, 1.54) is 25.9 Å². The number of hydrogen-bond donors (Lipinski definition) is 2. The third kappa shape index (κ3) is 3.85. The lowest BCUT2D eigenvalue weighted by atomic mass is 9.78. The molecule has 0 aromatic carbocycles. The Hall–Kier alpha value is -1.93. The van der Waals surface area contributed by atoms with Crippen molar-refractivity contribution >= 4 is 11.9 Å². The molecule has 0 radical (unpaired) electrons. The second kappa shape index (κ2) is 8.78. The molecule has 2 N–H and O–H groups in total. The number of carbonyl (C=O) groups excluding carboxylic acids is 1. The molecule has 3 saturated carbocycles. The van der Waals surface area contributed by atoms with Crippen LogP contribution >= 0.6 is 0 Å². The van der Waals surface area contributed by atoms with Gasteiger partial charge in [-0.15, -0.1) is 0 Å². The van der Waals surface area contributed by atoms with Crippen LogP contribution in [-0.2, 0) is 20.9 Å². The van der Waals surface area contributed by atoms with Crippen LogP contribution in [0.1, 0.15) is 50.0 Å². The fourth-order valence-electron chi connectivity index (χ4n) is 7.34. The molecule has 3 aliphatic carbocycles. The first kappa shape index (κ1) is 21.9. The van der Waals surface area contributed by atoms with Gasteiger partial charge in [0.15, 0.2) is 0 Å². The summed E-state index contributed by atoms with van der Waals surface area (Å²) in [7, 11) is 0. The Morgan fingerprint density at radius 2 is 2.00 bits per heavy atom. The molecule has 32 heavy (non-hydrogen) atoms. The summed E-state index contributed by atoms with van der Waals surface area (Å²) in [6.45, 7) is 6.98. The lowest BCUT2D eigenvalue weighted by molar-refractivity contribution is -0.149. The average molecular weight is 446 g/mol. The minimum absolute atomic E-state index is 0.0356. The van der Waals surface area contributed by atoms with Crippen LogP contribution in [0.3, 0.4) is 0 Å². The van der Waals surface area contributed by atoms with Gasteiger partial charge in [-0.2, -0.15) is 0 Å². The van der Waals surface area contributed by atoms with E-state index in [0.29, 0.717) is 17.4 Å². The zero-order valence-electron chi connectivity index (χ0n) is 18.9. The molecule has 4 aliphatic rings. The number of likely N-dealkylation sites (tertiary alicyclic amines) is 1. The summed E-state index contributed by atoms with van der Waals surface area (Å²) in [5.41, 5.74) is 0.699. The molecule has 176 valence electrons. The maximum absolute atomic E-state index is 13.1. The molecule has 8 heteroatoms. The summed E-state index contributed by atoms with van der Waals surface area (Å²) in [6, 6.07) is 1.79. The first-order chi connectivity index (χ1) is 15.5. The van der Waals surface area contributed by atoms with Gasteiger partial charge in [-0.25, -0.2) is 0 Å². The number of aromatic nitrogens is 1. The summed E-state index contributed by atoms with van der Waals surface area (Å²) < 4.78 is 11.0. The largest absolute Gasteiger partial charge is 0.481 e. The van der Waals surface area contributed by atoms with E-state index in [2.05, 4.69) is 15.4 Å². The molecular formula is C24H35N3O5. The van der Waals surface area contributed by atoms with Crippen LogP contribution < -0.4 is 5.32 Å². The summed E-state index contributed by atoms with van der Waals surface area (Å²) in [6.07, 6.45) is 6.51. The number of ether oxygens (including phenoxy) is 1. The van der Waals surface area contributed by atoms with Crippen LogP contribution in [0.4, 0.5) is 0 Å². The first-order valence-electron chi connectivity index (χ1n) is 12.2. The van der Waals surface area contributed by atoms with E-state index in [1.54, 1.807) is 6.07 Å². The zero-order valence-corrected chi connectivity index (χ0v) is 18.9. The van der Waals surface area contributed by atoms with Crippen molar-refractivity contribution in [3.05, 3.63) is 17.5 Å². The maximum Gasteiger partial charge on any atom is 0.307 e. The van der Waals surface area contributed by atoms with Crippen molar-refractivity contribution in [1.82, 2.24) is 15.4 Å². The molecule has 2 bridgehead atoms. The number of carboxylic acids is 1. The van der Waals surface area contributed by atoms with Gasteiger partial charge in [0.2, 0.25) is 5.91 Å². The number of rotatable bonds is 10. The molecule has 1 aliphatic heterocycles. The molecule has 1 spiro atoms. The van der Waals surface area contributed by atoms with Gasteiger partial charge < -0.3 is 24.6 Å². The summed E-state index contributed by atoms with van der Waals surface area (Å²) in [4.78, 5) is 27.8. The number of nitrogens with one attached hydrogen (secondary N) is 1. The molecule has 2 heterocycles. The number of aliphatic carboxylic acids is 1. The van der Waals surface area contributed by atoms with Crippen molar-refractivity contribution in [2.75, 3.05) is 32.8 Å². The molecule has 6 atom stereocenters. The van der Waals surface area contributed by atoms with Crippen molar-refractivity contribution in [2.24, 2.45) is 35.0 Å². The van der Waals surface area contributed by atoms with Crippen LogP contribution in [0.15, 0.2) is 10.6 Å². The number of nitrogens with zero attached hydrogens (tertiary/aromatic N) is 2. The van der Waals surface area contributed by atoms with E-state index < -0.39 is 17.8 Å². The van der Waals surface area contributed by atoms with Crippen LogP contribution in [0.2, 0.25) is 0 Å². The van der Waals surface area contributed by atoms with Crippen LogP contribution in [-0.4, -0.2) is 59.9 Å². The van der Waals surface area contributed by atoms with Gasteiger partial charge in [0.1, 0.15) is 11.5 Å². The van der Waals surface area contributed by atoms with Crippen molar-refractivity contribution in [3.63, 3.8) is 0 Å². The molecular weight excluding hydrogens is 410 g/mol. The standard InChI is InChI=1S/C24H35N3O5/c1-15-12-17(26-32-15)14-25-22(28)20-18-4-5-19(21(20)23(29)30)24(18)13-16(24)6-10-31-11-9-27-7-2-3-8-27/h12,16,18-21H,2-11,13-14H2,1H3,(H,25,28)(H,29,30)/t16?,18-,19+,20+,21+,24?/m0/s1. The molecule has 4 fully saturated rings. The number of carbonyl (C=O) groups is 2. The third-order valence-electron chi connectivity index (χ3n) is 8.69. The van der Waals surface area contributed by atoms with Crippen LogP contribution in [0.25, 0.3) is 0 Å². The predicted octanol–water partition coefficient (Wildman–Crippen LogP) is 2.46. The second-order valence-corrected chi connectivity index (χ2v) is 10.3. The van der Waals surface area contributed by atoms with Gasteiger partial charge in [-0.1, -0.05) is 5.16 Å². The molecule has 8 nitrogen and oxygen atoms in total. The molecule has 2 unspecified atom stereocenters. The fraction of sp³-hybridized carbons (Fsp3) is 0.792. The van der Waals surface area contributed by atoms with Crippen LogP contribution in [0, 0.1) is 41.9 Å². The summed E-state index contributed by atoms with van der Waals surface area (Å²) in [5.74, 6) is -0.510. The second-order valence-electron chi connectivity index (χ2n) is 10.3. The summed E-state index contributed by atoms with van der Waals surface area (Å²) in [5, 5.41) is 16.9. The third-order valence-corrected chi connectivity index (χ3v) is 8.69. The van der Waals surface area contributed by atoms with Crippen LogP contribution in [0.5, 0.6) is 0 Å². The monoisotopic (exact) mass is 445 g/mol. The lowest BCUT2D eigenvalue weighted by Gasteiger charge is -2.26. The van der Waals surface area contributed by atoms with Crippen molar-refractivity contribution < 1.29 is 24.0 Å². The van der Waals surface area contributed by atoms with E-state index in [1.807, 2.05) is 6.92 Å². The highest BCUT2D eigenvalue weighted by atomic mass is 16.5. The molecule has 5 rings (SSSR count). The van der Waals surface area contributed by atoms with Gasteiger partial charge in [0.25, 0.3) is 0 Å². The lowest BCUT2D eigenvalue weighted by Crippen LogP contribution is -2.41. The van der Waals surface area contributed by atoms with E-state index in [9.17, 15) is 14.7 Å². The van der Waals surface area contributed by atoms with E-state index in [4.69, 9.17) is 9.26 Å². The Morgan fingerprint density at radius 1 is 1.25 bits per heavy atom. The Labute approximate surface area is 189 Å². The first-order valence-corrected chi connectivity index (χ1v) is 12.2. The van der Waals surface area contributed by atoms with Crippen molar-refractivity contribution in [1.29, 1.82) is 0 Å². The number of aryl methyl sites for hydroxylation is 1. The van der Waals surface area contributed by atoms with Gasteiger partial charge in [-0.3, -0.25) is 9.59 Å². The average Bonchev–Trinajstić information content (AvgIpc) is 3.20. The van der Waals surface area contributed by atoms with E-state index >= 15 is 0 Å². The zero-order chi connectivity index (χ0) is 22.3. The number of amides is 1. The Morgan fingerprint density at radius 3 is 2.69 bits per heavy atom. The van der Waals surface area contributed by atoms with Crippen molar-refractivity contribution in [3.8, 4) is 0 Å².